The Morgan fingerprint density at radius 3 is 2.56 bits per heavy atom. The van der Waals surface area contributed by atoms with Crippen molar-refractivity contribution in [3.8, 4) is 0 Å². The Kier molecular flexibility index (Phi) is 4.78. The molecule has 0 aromatic heterocycles. The highest BCUT2D eigenvalue weighted by molar-refractivity contribution is 5.78. The molecule has 0 spiro atoms. The average molecular weight is 348 g/mol. The van der Waals surface area contributed by atoms with Crippen molar-refractivity contribution in [2.45, 2.75) is 64.5 Å². The van der Waals surface area contributed by atoms with E-state index in [-0.39, 0.29) is 5.92 Å². The van der Waals surface area contributed by atoms with Crippen molar-refractivity contribution in [2.24, 2.45) is 17.8 Å². The lowest BCUT2D eigenvalue weighted by Gasteiger charge is -2.54. The van der Waals surface area contributed by atoms with Gasteiger partial charge >= 0.3 is 0 Å². The monoisotopic (exact) mass is 347 g/mol. The number of piperidine rings is 4. The molecule has 4 aliphatic heterocycles. The number of amides is 2. The summed E-state index contributed by atoms with van der Waals surface area (Å²) < 4.78 is 0. The first-order chi connectivity index (χ1) is 12.0. The molecule has 3 atom stereocenters. The average Bonchev–Trinajstić information content (AvgIpc) is 2.62. The van der Waals surface area contributed by atoms with Crippen LogP contribution in [0.25, 0.3) is 0 Å². The van der Waals surface area contributed by atoms with Crippen molar-refractivity contribution in [3.63, 3.8) is 0 Å². The van der Waals surface area contributed by atoms with Gasteiger partial charge in [0, 0.05) is 57.1 Å². The predicted octanol–water partition coefficient (Wildman–Crippen LogP) is 1.97. The second kappa shape index (κ2) is 6.90. The molecule has 0 aliphatic carbocycles. The van der Waals surface area contributed by atoms with E-state index in [1.54, 1.807) is 0 Å². The van der Waals surface area contributed by atoms with Gasteiger partial charge in [0.05, 0.1) is 0 Å². The summed E-state index contributed by atoms with van der Waals surface area (Å²) in [6.07, 6.45) is 6.60. The maximum absolute atomic E-state index is 12.3. The first kappa shape index (κ1) is 17.3. The van der Waals surface area contributed by atoms with Crippen molar-refractivity contribution in [2.75, 3.05) is 32.7 Å². The SMILES string of the molecule is CC(C)C(=O)N1CCC(N2C[C@H]3C[C@H](C2)[C@H]2CCCC(=O)N2C3)CC1. The summed E-state index contributed by atoms with van der Waals surface area (Å²) in [4.78, 5) is 31.5. The van der Waals surface area contributed by atoms with Crippen LogP contribution in [0.2, 0.25) is 0 Å². The van der Waals surface area contributed by atoms with Crippen LogP contribution in [0.1, 0.15) is 52.4 Å². The Bertz CT molecular complexity index is 527. The van der Waals surface area contributed by atoms with Gasteiger partial charge in [0.25, 0.3) is 0 Å². The van der Waals surface area contributed by atoms with Gasteiger partial charge in [-0.25, -0.2) is 0 Å². The van der Waals surface area contributed by atoms with Crippen molar-refractivity contribution >= 4 is 11.8 Å². The molecule has 5 heteroatoms. The minimum Gasteiger partial charge on any atom is -0.342 e. The quantitative estimate of drug-likeness (QED) is 0.767. The minimum absolute atomic E-state index is 0.112. The molecule has 0 radical (unpaired) electrons. The Balaban J connectivity index is 1.36. The number of likely N-dealkylation sites (tertiary alicyclic amines) is 2. The van der Waals surface area contributed by atoms with Crippen LogP contribution in [0.15, 0.2) is 0 Å². The highest BCUT2D eigenvalue weighted by atomic mass is 16.2. The topological polar surface area (TPSA) is 43.9 Å². The largest absolute Gasteiger partial charge is 0.342 e. The summed E-state index contributed by atoms with van der Waals surface area (Å²) in [5, 5.41) is 0. The minimum atomic E-state index is 0.112. The summed E-state index contributed by atoms with van der Waals surface area (Å²) in [5.74, 6) is 2.16. The third kappa shape index (κ3) is 3.32. The van der Waals surface area contributed by atoms with Crippen molar-refractivity contribution < 1.29 is 9.59 Å². The van der Waals surface area contributed by atoms with Gasteiger partial charge in [-0.05, 0) is 43.9 Å². The summed E-state index contributed by atoms with van der Waals surface area (Å²) in [6.45, 7) is 9.13. The molecule has 2 bridgehead atoms. The third-order valence-corrected chi connectivity index (χ3v) is 6.99. The van der Waals surface area contributed by atoms with Crippen LogP contribution >= 0.6 is 0 Å². The molecular weight excluding hydrogens is 314 g/mol. The number of carbonyl (C=O) groups excluding carboxylic acids is 2. The molecule has 4 rings (SSSR count). The summed E-state index contributed by atoms with van der Waals surface area (Å²) in [7, 11) is 0. The Labute approximate surface area is 151 Å². The van der Waals surface area contributed by atoms with Gasteiger partial charge in [-0.2, -0.15) is 0 Å². The number of carbonyl (C=O) groups is 2. The molecular formula is C20H33N3O2. The van der Waals surface area contributed by atoms with Gasteiger partial charge < -0.3 is 9.80 Å². The highest BCUT2D eigenvalue weighted by Crippen LogP contribution is 2.39. The fourth-order valence-electron chi connectivity index (χ4n) is 5.76. The summed E-state index contributed by atoms with van der Waals surface area (Å²) >= 11 is 0. The maximum atomic E-state index is 12.3. The molecule has 0 saturated carbocycles. The summed E-state index contributed by atoms with van der Waals surface area (Å²) in [6, 6.07) is 1.13. The zero-order valence-corrected chi connectivity index (χ0v) is 15.8. The van der Waals surface area contributed by atoms with Crippen molar-refractivity contribution in [3.05, 3.63) is 0 Å². The van der Waals surface area contributed by atoms with Gasteiger partial charge in [0.15, 0.2) is 0 Å². The van der Waals surface area contributed by atoms with E-state index >= 15 is 0 Å². The molecule has 4 heterocycles. The van der Waals surface area contributed by atoms with Gasteiger partial charge in [-0.15, -0.1) is 0 Å². The van der Waals surface area contributed by atoms with Crippen LogP contribution in [-0.2, 0) is 9.59 Å². The number of rotatable bonds is 2. The molecule has 4 fully saturated rings. The predicted molar refractivity (Wildman–Crippen MR) is 97.0 cm³/mol. The van der Waals surface area contributed by atoms with E-state index in [0.29, 0.717) is 35.7 Å². The van der Waals surface area contributed by atoms with Crippen LogP contribution in [0, 0.1) is 17.8 Å². The number of fused-ring (bicyclic) bond motifs is 4. The molecule has 0 aromatic carbocycles. The number of hydrogen-bond acceptors (Lipinski definition) is 3. The van der Waals surface area contributed by atoms with Gasteiger partial charge in [0.1, 0.15) is 0 Å². The summed E-state index contributed by atoms with van der Waals surface area (Å²) in [5.41, 5.74) is 0. The second-order valence-electron chi connectivity index (χ2n) is 9.03. The first-order valence-electron chi connectivity index (χ1n) is 10.3. The van der Waals surface area contributed by atoms with E-state index < -0.39 is 0 Å². The maximum Gasteiger partial charge on any atom is 0.225 e. The highest BCUT2D eigenvalue weighted by Gasteiger charge is 2.45. The van der Waals surface area contributed by atoms with Crippen molar-refractivity contribution in [1.29, 1.82) is 0 Å². The van der Waals surface area contributed by atoms with Crippen LogP contribution in [0.4, 0.5) is 0 Å². The first-order valence-corrected chi connectivity index (χ1v) is 10.3. The van der Waals surface area contributed by atoms with Gasteiger partial charge in [-0.3, -0.25) is 14.5 Å². The lowest BCUT2D eigenvalue weighted by atomic mass is 9.75. The lowest BCUT2D eigenvalue weighted by Crippen LogP contribution is -2.62. The Morgan fingerprint density at radius 2 is 1.84 bits per heavy atom. The molecule has 2 amide bonds. The zero-order valence-electron chi connectivity index (χ0n) is 15.8. The molecule has 140 valence electrons. The lowest BCUT2D eigenvalue weighted by molar-refractivity contribution is -0.146. The van der Waals surface area contributed by atoms with E-state index in [2.05, 4.69) is 14.7 Å². The van der Waals surface area contributed by atoms with Crippen LogP contribution in [0.5, 0.6) is 0 Å². The van der Waals surface area contributed by atoms with E-state index in [0.717, 1.165) is 58.4 Å². The fraction of sp³-hybridized carbons (Fsp3) is 0.900. The van der Waals surface area contributed by atoms with E-state index in [9.17, 15) is 9.59 Å². The number of nitrogens with zero attached hydrogens (tertiary/aromatic N) is 3. The zero-order chi connectivity index (χ0) is 17.6. The molecule has 5 nitrogen and oxygen atoms in total. The Hall–Kier alpha value is -1.10. The molecule has 0 aromatic rings. The normalized spacial score (nSPS) is 34.4. The second-order valence-corrected chi connectivity index (χ2v) is 9.03. The van der Waals surface area contributed by atoms with Crippen LogP contribution < -0.4 is 0 Å². The van der Waals surface area contributed by atoms with E-state index in [1.165, 1.54) is 12.8 Å². The van der Waals surface area contributed by atoms with Crippen LogP contribution in [0.3, 0.4) is 0 Å². The molecule has 0 unspecified atom stereocenters. The standard InChI is InChI=1S/C20H33N3O2/c1-14(2)20(25)21-8-6-17(7-9-21)22-11-15-10-16(13-22)18-4-3-5-19(24)23(18)12-15/h14-18H,3-13H2,1-2H3/t15-,16-,18-/m1/s1. The van der Waals surface area contributed by atoms with E-state index in [1.807, 2.05) is 13.8 Å². The molecule has 25 heavy (non-hydrogen) atoms. The van der Waals surface area contributed by atoms with Crippen LogP contribution in [-0.4, -0.2) is 71.3 Å². The number of hydrogen-bond donors (Lipinski definition) is 0. The molecule has 0 N–H and O–H groups in total. The van der Waals surface area contributed by atoms with E-state index in [4.69, 9.17) is 0 Å². The molecule has 4 aliphatic rings. The smallest absolute Gasteiger partial charge is 0.225 e. The fourth-order valence-corrected chi connectivity index (χ4v) is 5.76. The van der Waals surface area contributed by atoms with Gasteiger partial charge in [-0.1, -0.05) is 13.8 Å². The third-order valence-electron chi connectivity index (χ3n) is 6.99. The van der Waals surface area contributed by atoms with Crippen molar-refractivity contribution in [1.82, 2.24) is 14.7 Å². The Morgan fingerprint density at radius 1 is 1.08 bits per heavy atom. The van der Waals surface area contributed by atoms with Gasteiger partial charge in [0.2, 0.25) is 11.8 Å². The molecule has 4 saturated heterocycles.